The van der Waals surface area contributed by atoms with Crippen LogP contribution in [0.25, 0.3) is 21.8 Å². The summed E-state index contributed by atoms with van der Waals surface area (Å²) in [5.41, 5.74) is 13.6. The lowest BCUT2D eigenvalue weighted by molar-refractivity contribution is -0.123. The molecule has 7 N–H and O–H groups in total. The first-order chi connectivity index (χ1) is 28.9. The summed E-state index contributed by atoms with van der Waals surface area (Å²) in [6.07, 6.45) is 2.79. The maximum Gasteiger partial charge on any atom is 0.234 e. The van der Waals surface area contributed by atoms with E-state index in [0.29, 0.717) is 44.9 Å². The number of nitrogens with zero attached hydrogens (tertiary/aromatic N) is 5. The summed E-state index contributed by atoms with van der Waals surface area (Å²) in [7, 11) is 6.64. The van der Waals surface area contributed by atoms with E-state index in [1.54, 1.807) is 71.5 Å². The van der Waals surface area contributed by atoms with Crippen LogP contribution in [0.2, 0.25) is 10.0 Å². The number of alkyl halides is 1. The van der Waals surface area contributed by atoms with Crippen LogP contribution >= 0.6 is 34.8 Å². The minimum Gasteiger partial charge on any atom is -0.496 e. The fraction of sp³-hybridized carbons (Fsp3) is 0.286. The second-order valence-corrected chi connectivity index (χ2v) is 15.0. The Kier molecular flexibility index (Phi) is 17.1. The lowest BCUT2D eigenvalue weighted by Crippen LogP contribution is -2.41. The number of halogens is 5. The molecule has 6 aromatic rings. The highest BCUT2D eigenvalue weighted by atomic mass is 35.5. The summed E-state index contributed by atoms with van der Waals surface area (Å²) in [6.45, 7) is 7.24. The van der Waals surface area contributed by atoms with Gasteiger partial charge < -0.3 is 36.9 Å². The molecule has 0 aliphatic carbocycles. The van der Waals surface area contributed by atoms with Crippen molar-refractivity contribution in [2.75, 3.05) is 38.9 Å². The van der Waals surface area contributed by atoms with E-state index in [-0.39, 0.29) is 44.8 Å². The number of hydrogen-bond donors (Lipinski definition) is 5. The minimum absolute atomic E-state index is 0.0106. The number of benzene rings is 4. The van der Waals surface area contributed by atoms with E-state index in [4.69, 9.17) is 55.7 Å². The first kappa shape index (κ1) is 48.0. The quantitative estimate of drug-likeness (QED) is 0.0694. The zero-order chi connectivity index (χ0) is 45.1. The van der Waals surface area contributed by atoms with Gasteiger partial charge in [-0.3, -0.25) is 14.5 Å². The van der Waals surface area contributed by atoms with Crippen LogP contribution in [0.1, 0.15) is 50.2 Å². The van der Waals surface area contributed by atoms with Gasteiger partial charge in [0.1, 0.15) is 35.8 Å². The predicted molar refractivity (Wildman–Crippen MR) is 238 cm³/mol. The van der Waals surface area contributed by atoms with Crippen LogP contribution in [0.4, 0.5) is 31.8 Å². The van der Waals surface area contributed by atoms with Gasteiger partial charge in [0, 0.05) is 40.1 Å². The molecule has 2 heterocycles. The summed E-state index contributed by atoms with van der Waals surface area (Å²) in [4.78, 5) is 40.6. The zero-order valence-electron chi connectivity index (χ0n) is 34.7. The van der Waals surface area contributed by atoms with Crippen molar-refractivity contribution in [2.45, 2.75) is 51.2 Å². The molecule has 2 unspecified atom stereocenters. The third-order valence-corrected chi connectivity index (χ3v) is 10.6. The van der Waals surface area contributed by atoms with Crippen LogP contribution in [-0.4, -0.2) is 77.0 Å². The van der Waals surface area contributed by atoms with E-state index < -0.39 is 23.6 Å². The van der Waals surface area contributed by atoms with Crippen LogP contribution in [0, 0.1) is 11.6 Å². The topological polar surface area (TPSA) is 196 Å². The second kappa shape index (κ2) is 21.7. The Morgan fingerprint density at radius 1 is 0.721 bits per heavy atom. The van der Waals surface area contributed by atoms with E-state index in [1.807, 2.05) is 37.9 Å². The van der Waals surface area contributed by atoms with Crippen LogP contribution in [0.3, 0.4) is 0 Å². The minimum atomic E-state index is -0.567. The van der Waals surface area contributed by atoms with E-state index in [9.17, 15) is 18.4 Å². The van der Waals surface area contributed by atoms with Crippen LogP contribution in [0.5, 0.6) is 11.5 Å². The summed E-state index contributed by atoms with van der Waals surface area (Å²) in [6, 6.07) is 15.8. The largest absolute Gasteiger partial charge is 0.496 e. The molecule has 0 saturated heterocycles. The van der Waals surface area contributed by atoms with E-state index >= 15 is 0 Å². The first-order valence-electron chi connectivity index (χ1n) is 18.6. The molecule has 0 radical (unpaired) electrons. The summed E-state index contributed by atoms with van der Waals surface area (Å²) < 4.78 is 39.4. The number of methoxy groups -OCH3 is 2. The molecule has 4 aromatic carbocycles. The fourth-order valence-corrected chi connectivity index (χ4v) is 6.26. The average molecular weight is 900 g/mol. The Labute approximate surface area is 367 Å². The third-order valence-electron chi connectivity index (χ3n) is 9.75. The van der Waals surface area contributed by atoms with Crippen molar-refractivity contribution in [3.63, 3.8) is 0 Å². The van der Waals surface area contributed by atoms with Crippen LogP contribution in [-0.2, 0) is 9.59 Å². The van der Waals surface area contributed by atoms with Crippen molar-refractivity contribution in [3.8, 4) is 11.5 Å². The molecule has 324 valence electrons. The van der Waals surface area contributed by atoms with Gasteiger partial charge in [-0.1, -0.05) is 35.3 Å². The highest BCUT2D eigenvalue weighted by Gasteiger charge is 2.25. The number of nitrogens with one attached hydrogen (secondary N) is 3. The van der Waals surface area contributed by atoms with Gasteiger partial charge in [-0.2, -0.15) is 0 Å². The molecule has 2 amide bonds. The lowest BCUT2D eigenvalue weighted by Gasteiger charge is -2.30. The Morgan fingerprint density at radius 2 is 1.16 bits per heavy atom. The van der Waals surface area contributed by atoms with Crippen molar-refractivity contribution in [1.29, 1.82) is 0 Å². The Morgan fingerprint density at radius 3 is 1.54 bits per heavy atom. The molecule has 2 aromatic heterocycles. The Balaban J connectivity index is 0.000000236. The average Bonchev–Trinajstić information content (AvgIpc) is 3.25. The number of hydrogen-bond acceptors (Lipinski definition) is 12. The molecule has 0 bridgehead atoms. The molecule has 0 saturated carbocycles. The van der Waals surface area contributed by atoms with Gasteiger partial charge in [-0.05, 0) is 78.2 Å². The number of anilines is 4. The Bertz CT molecular complexity index is 2500. The SMILES string of the molecule is CN[C@H](C)C(N)=O.COc1cc2ncnc(Nc3cccc(Cl)c3F)c2cc1C(C)Cl.COc1cc2ncnc(Nc3cccc(Cl)c3F)c2cc1C(C)N(C)[C@H](C)C(N)=O. The van der Waals surface area contributed by atoms with Gasteiger partial charge in [-0.25, -0.2) is 28.7 Å². The molecule has 19 heteroatoms. The predicted octanol–water partition coefficient (Wildman–Crippen LogP) is 8.60. The lowest BCUT2D eigenvalue weighted by atomic mass is 10.0. The number of nitrogens with two attached hydrogens (primary N) is 2. The summed E-state index contributed by atoms with van der Waals surface area (Å²) >= 11 is 17.9. The maximum atomic E-state index is 14.4. The van der Waals surface area contributed by atoms with Crippen LogP contribution in [0.15, 0.2) is 73.3 Å². The summed E-state index contributed by atoms with van der Waals surface area (Å²) in [5.74, 6) is 0.285. The van der Waals surface area contributed by atoms with Gasteiger partial charge >= 0.3 is 0 Å². The van der Waals surface area contributed by atoms with Crippen LogP contribution < -0.4 is 36.9 Å². The molecule has 0 aliphatic rings. The number of rotatable bonds is 13. The number of likely N-dealkylation sites (N-methyl/N-ethyl adjacent to an activating group) is 2. The number of amides is 2. The van der Waals surface area contributed by atoms with Gasteiger partial charge in [0.15, 0.2) is 11.6 Å². The molecule has 4 atom stereocenters. The molecule has 0 aliphatic heterocycles. The van der Waals surface area contributed by atoms with Crippen molar-refractivity contribution in [1.82, 2.24) is 30.2 Å². The maximum absolute atomic E-state index is 14.4. The third kappa shape index (κ3) is 11.8. The van der Waals surface area contributed by atoms with Gasteiger partial charge in [0.25, 0.3) is 0 Å². The van der Waals surface area contributed by atoms with Gasteiger partial charge in [0.2, 0.25) is 11.8 Å². The summed E-state index contributed by atoms with van der Waals surface area (Å²) in [5, 5.41) is 9.80. The van der Waals surface area contributed by atoms with Gasteiger partial charge in [0.05, 0.1) is 64.1 Å². The number of carbonyl (C=O) groups is 2. The van der Waals surface area contributed by atoms with Crippen molar-refractivity contribution in [2.24, 2.45) is 11.5 Å². The number of aromatic nitrogens is 4. The molecular weight excluding hydrogens is 853 g/mol. The smallest absolute Gasteiger partial charge is 0.234 e. The Hall–Kier alpha value is -5.65. The van der Waals surface area contributed by atoms with E-state index in [1.165, 1.54) is 24.8 Å². The molecular formula is C42H47Cl3F2N10O4. The molecule has 6 rings (SSSR count). The molecule has 0 spiro atoms. The standard InChI is InChI=1S/C21H23ClFN5O2.C17H14Cl2FN3O.C4H10N2O/c1-11(28(3)12(2)20(24)29)13-8-14-17(9-18(13)30-4)25-10-26-21(14)27-16-7-5-6-15(22)19(16)23;1-9(18)10-6-11-14(7-15(10)24-2)21-8-22-17(11)23-13-5-3-4-12(19)16(13)20;1-3(6-2)4(5)7/h5-12H,1-4H3,(H2,24,29)(H,25,26,27);3-9H,1-2H3,(H,21,22,23);3,6H,1-2H3,(H2,5,7)/t11?,12-;;3-/m1.1/s1. The first-order valence-corrected chi connectivity index (χ1v) is 19.8. The van der Waals surface area contributed by atoms with E-state index in [0.717, 1.165) is 11.1 Å². The number of ether oxygens (including phenoxy) is 2. The number of fused-ring (bicyclic) bond motifs is 2. The van der Waals surface area contributed by atoms with Crippen molar-refractivity contribution >= 4 is 91.4 Å². The zero-order valence-corrected chi connectivity index (χ0v) is 36.9. The van der Waals surface area contributed by atoms with Crippen molar-refractivity contribution in [3.05, 3.63) is 106 Å². The van der Waals surface area contributed by atoms with Gasteiger partial charge in [-0.15, -0.1) is 11.6 Å². The fourth-order valence-electron chi connectivity index (χ4n) is 5.74. The molecule has 14 nitrogen and oxygen atoms in total. The highest BCUT2D eigenvalue weighted by molar-refractivity contribution is 6.31. The molecule has 0 fully saturated rings. The number of primary amides is 2. The molecule has 61 heavy (non-hydrogen) atoms. The van der Waals surface area contributed by atoms with E-state index in [2.05, 4.69) is 35.9 Å². The number of carbonyl (C=O) groups excluding carboxylic acids is 2. The monoisotopic (exact) mass is 898 g/mol. The van der Waals surface area contributed by atoms with Crippen molar-refractivity contribution < 1.29 is 27.8 Å². The normalized spacial score (nSPS) is 12.9. The highest BCUT2D eigenvalue weighted by Crippen LogP contribution is 2.37. The second-order valence-electron chi connectivity index (χ2n) is 13.6.